The highest BCUT2D eigenvalue weighted by Crippen LogP contribution is 2.27. The molecule has 0 aliphatic carbocycles. The lowest BCUT2D eigenvalue weighted by atomic mass is 10.1. The number of ether oxygens (including phenoxy) is 1. The maximum absolute atomic E-state index is 12.1. The van der Waals surface area contributed by atoms with Crippen molar-refractivity contribution in [2.24, 2.45) is 5.92 Å². The molecule has 1 aromatic carbocycles. The zero-order chi connectivity index (χ0) is 14.0. The van der Waals surface area contributed by atoms with Crippen molar-refractivity contribution in [3.63, 3.8) is 0 Å². The van der Waals surface area contributed by atoms with Crippen LogP contribution in [0, 0.1) is 5.92 Å². The molecule has 1 heterocycles. The van der Waals surface area contributed by atoms with E-state index >= 15 is 0 Å². The molecule has 1 aromatic rings. The fraction of sp³-hybridized carbons (Fsp3) is 0.533. The lowest BCUT2D eigenvalue weighted by Crippen LogP contribution is -2.33. The molecule has 1 aliphatic rings. The van der Waals surface area contributed by atoms with E-state index in [0.29, 0.717) is 12.5 Å². The Balaban J connectivity index is 2.16. The molecule has 2 atom stereocenters. The third-order valence-corrected chi connectivity index (χ3v) is 3.51. The number of carbonyl (C=O) groups excluding carboxylic acids is 1. The van der Waals surface area contributed by atoms with Crippen LogP contribution in [-0.2, 0) is 4.79 Å². The zero-order valence-electron chi connectivity index (χ0n) is 12.0. The first-order valence-corrected chi connectivity index (χ1v) is 6.80. The third kappa shape index (κ3) is 2.73. The molecule has 4 nitrogen and oxygen atoms in total. The van der Waals surface area contributed by atoms with Crippen LogP contribution in [0.1, 0.15) is 32.5 Å². The molecule has 2 rings (SSSR count). The largest absolute Gasteiger partial charge is 0.494 e. The minimum absolute atomic E-state index is 0.0458. The van der Waals surface area contributed by atoms with Crippen LogP contribution in [0.15, 0.2) is 24.3 Å². The van der Waals surface area contributed by atoms with Crippen molar-refractivity contribution in [3.05, 3.63) is 29.8 Å². The molecule has 1 amide bonds. The van der Waals surface area contributed by atoms with E-state index in [1.54, 1.807) is 4.90 Å². The van der Waals surface area contributed by atoms with Crippen molar-refractivity contribution in [2.75, 3.05) is 13.7 Å². The molecule has 0 bridgehead atoms. The second-order valence-electron chi connectivity index (χ2n) is 5.24. The fourth-order valence-corrected chi connectivity index (χ4v) is 2.41. The Morgan fingerprint density at radius 2 is 1.95 bits per heavy atom. The van der Waals surface area contributed by atoms with Gasteiger partial charge >= 0.3 is 0 Å². The van der Waals surface area contributed by atoms with Crippen LogP contribution in [0.5, 0.6) is 5.75 Å². The first-order chi connectivity index (χ1) is 9.04. The molecule has 1 aliphatic heterocycles. The highest BCUT2D eigenvalue weighted by Gasteiger charge is 2.38. The Hall–Kier alpha value is -1.55. The highest BCUT2D eigenvalue weighted by atomic mass is 16.5. The van der Waals surface area contributed by atoms with Crippen molar-refractivity contribution < 1.29 is 9.53 Å². The van der Waals surface area contributed by atoms with E-state index < -0.39 is 0 Å². The van der Waals surface area contributed by atoms with Crippen LogP contribution in [0.2, 0.25) is 0 Å². The van der Waals surface area contributed by atoms with Crippen molar-refractivity contribution in [1.82, 2.24) is 10.2 Å². The van der Waals surface area contributed by atoms with E-state index in [9.17, 15) is 4.79 Å². The van der Waals surface area contributed by atoms with Gasteiger partial charge in [0, 0.05) is 7.05 Å². The summed E-state index contributed by atoms with van der Waals surface area (Å²) in [6.45, 7) is 6.74. The van der Waals surface area contributed by atoms with Crippen molar-refractivity contribution in [3.8, 4) is 5.75 Å². The second-order valence-corrected chi connectivity index (χ2v) is 5.24. The van der Waals surface area contributed by atoms with Crippen LogP contribution in [-0.4, -0.2) is 30.5 Å². The molecule has 4 heteroatoms. The van der Waals surface area contributed by atoms with Crippen LogP contribution >= 0.6 is 0 Å². The average Bonchev–Trinajstić information content (AvgIpc) is 2.68. The summed E-state index contributed by atoms with van der Waals surface area (Å²) >= 11 is 0. The Morgan fingerprint density at radius 3 is 2.42 bits per heavy atom. The molecule has 1 N–H and O–H groups in total. The minimum Gasteiger partial charge on any atom is -0.494 e. The van der Waals surface area contributed by atoms with Gasteiger partial charge in [-0.05, 0) is 30.5 Å². The number of likely N-dealkylation sites (N-methyl/N-ethyl adjacent to an activating group) is 1. The smallest absolute Gasteiger partial charge is 0.241 e. The number of benzene rings is 1. The molecular weight excluding hydrogens is 240 g/mol. The minimum atomic E-state index is -0.0958. The number of rotatable bonds is 4. The van der Waals surface area contributed by atoms with Gasteiger partial charge in [-0.15, -0.1) is 0 Å². The summed E-state index contributed by atoms with van der Waals surface area (Å²) in [7, 11) is 1.85. The molecule has 0 aromatic heterocycles. The number of nitrogens with one attached hydrogen (secondary N) is 1. The molecule has 0 saturated carbocycles. The van der Waals surface area contributed by atoms with E-state index in [1.807, 2.05) is 38.2 Å². The Labute approximate surface area is 114 Å². The predicted octanol–water partition coefficient (Wildman–Crippen LogP) is 2.17. The monoisotopic (exact) mass is 262 g/mol. The van der Waals surface area contributed by atoms with Gasteiger partial charge in [-0.3, -0.25) is 10.1 Å². The lowest BCUT2D eigenvalue weighted by molar-refractivity contribution is -0.129. The number of carbonyl (C=O) groups is 1. The number of amides is 1. The fourth-order valence-electron chi connectivity index (χ4n) is 2.41. The van der Waals surface area contributed by atoms with Gasteiger partial charge in [0.05, 0.1) is 12.6 Å². The second kappa shape index (κ2) is 5.61. The van der Waals surface area contributed by atoms with Gasteiger partial charge in [0.1, 0.15) is 11.9 Å². The number of hydrogen-bond acceptors (Lipinski definition) is 3. The molecule has 2 unspecified atom stereocenters. The topological polar surface area (TPSA) is 41.6 Å². The summed E-state index contributed by atoms with van der Waals surface area (Å²) in [5.41, 5.74) is 1.09. The van der Waals surface area contributed by atoms with E-state index in [-0.39, 0.29) is 18.1 Å². The van der Waals surface area contributed by atoms with E-state index in [0.717, 1.165) is 11.3 Å². The summed E-state index contributed by atoms with van der Waals surface area (Å²) in [4.78, 5) is 13.9. The number of nitrogens with zero attached hydrogens (tertiary/aromatic N) is 1. The van der Waals surface area contributed by atoms with Gasteiger partial charge in [0.2, 0.25) is 5.91 Å². The Morgan fingerprint density at radius 1 is 1.32 bits per heavy atom. The lowest BCUT2D eigenvalue weighted by Gasteiger charge is -2.20. The SMILES string of the molecule is CCOc1ccc(C2NC(C(C)C)C(=O)N2C)cc1. The van der Waals surface area contributed by atoms with Crippen molar-refractivity contribution in [1.29, 1.82) is 0 Å². The standard InChI is InChI=1S/C15H22N2O2/c1-5-19-12-8-6-11(7-9-12)14-16-13(10(2)3)15(18)17(14)4/h6-10,13-14,16H,5H2,1-4H3. The first kappa shape index (κ1) is 13.9. The van der Waals surface area contributed by atoms with Crippen LogP contribution in [0.25, 0.3) is 0 Å². The Bertz CT molecular complexity index is 442. The van der Waals surface area contributed by atoms with Gasteiger partial charge in [-0.2, -0.15) is 0 Å². The third-order valence-electron chi connectivity index (χ3n) is 3.51. The first-order valence-electron chi connectivity index (χ1n) is 6.80. The maximum Gasteiger partial charge on any atom is 0.241 e. The van der Waals surface area contributed by atoms with Gasteiger partial charge in [-0.25, -0.2) is 0 Å². The van der Waals surface area contributed by atoms with E-state index in [2.05, 4.69) is 19.2 Å². The van der Waals surface area contributed by atoms with Gasteiger partial charge in [0.25, 0.3) is 0 Å². The van der Waals surface area contributed by atoms with E-state index in [1.165, 1.54) is 0 Å². The summed E-state index contributed by atoms with van der Waals surface area (Å²) in [6, 6.07) is 7.81. The summed E-state index contributed by atoms with van der Waals surface area (Å²) in [5, 5.41) is 3.39. The highest BCUT2D eigenvalue weighted by molar-refractivity contribution is 5.84. The van der Waals surface area contributed by atoms with Crippen molar-refractivity contribution >= 4 is 5.91 Å². The zero-order valence-corrected chi connectivity index (χ0v) is 12.0. The summed E-state index contributed by atoms with van der Waals surface area (Å²) in [6.07, 6.45) is -0.0458. The maximum atomic E-state index is 12.1. The van der Waals surface area contributed by atoms with Crippen LogP contribution in [0.3, 0.4) is 0 Å². The summed E-state index contributed by atoms with van der Waals surface area (Å²) < 4.78 is 5.43. The van der Waals surface area contributed by atoms with Crippen LogP contribution in [0.4, 0.5) is 0 Å². The molecule has 19 heavy (non-hydrogen) atoms. The molecule has 0 radical (unpaired) electrons. The summed E-state index contributed by atoms with van der Waals surface area (Å²) in [5.74, 6) is 1.31. The normalized spacial score (nSPS) is 23.2. The molecular formula is C15H22N2O2. The van der Waals surface area contributed by atoms with Gasteiger partial charge in [-0.1, -0.05) is 26.0 Å². The molecule has 0 spiro atoms. The van der Waals surface area contributed by atoms with E-state index in [4.69, 9.17) is 4.74 Å². The predicted molar refractivity (Wildman–Crippen MR) is 74.9 cm³/mol. The number of hydrogen-bond donors (Lipinski definition) is 1. The Kier molecular flexibility index (Phi) is 4.10. The molecule has 1 fully saturated rings. The van der Waals surface area contributed by atoms with Gasteiger partial charge in [0.15, 0.2) is 0 Å². The average molecular weight is 262 g/mol. The molecule has 1 saturated heterocycles. The van der Waals surface area contributed by atoms with Gasteiger partial charge < -0.3 is 9.64 Å². The van der Waals surface area contributed by atoms with Crippen LogP contribution < -0.4 is 10.1 Å². The quantitative estimate of drug-likeness (QED) is 0.904. The molecule has 104 valence electrons. The van der Waals surface area contributed by atoms with Crippen molar-refractivity contribution in [2.45, 2.75) is 33.0 Å².